The first-order valence-corrected chi connectivity index (χ1v) is 15.4. The number of allylic oxidation sites excluding steroid dienone is 2. The lowest BCUT2D eigenvalue weighted by molar-refractivity contribution is -0.143. The summed E-state index contributed by atoms with van der Waals surface area (Å²) < 4.78 is 25.8. The predicted octanol–water partition coefficient (Wildman–Crippen LogP) is 2.52. The van der Waals surface area contributed by atoms with Gasteiger partial charge in [0.2, 0.25) is 11.5 Å². The summed E-state index contributed by atoms with van der Waals surface area (Å²) in [6.07, 6.45) is 0.425. The minimum atomic E-state index is -4.52. The van der Waals surface area contributed by atoms with Crippen LogP contribution in [0.25, 0.3) is 0 Å². The lowest BCUT2D eigenvalue weighted by atomic mass is 9.76. The molecule has 1 aliphatic heterocycles. The van der Waals surface area contributed by atoms with Gasteiger partial charge < -0.3 is 55.0 Å². The fourth-order valence-electron chi connectivity index (χ4n) is 5.14. The summed E-state index contributed by atoms with van der Waals surface area (Å²) in [6, 6.07) is 2.97. The number of aryl methyl sites for hydroxylation is 1. The second-order valence-corrected chi connectivity index (χ2v) is 11.7. The number of carboxylic acid groups (broad SMARTS) is 1. The number of aliphatic hydroxyl groups is 2. The zero-order valence-corrected chi connectivity index (χ0v) is 24.8. The highest BCUT2D eigenvalue weighted by Crippen LogP contribution is 2.54. The monoisotopic (exact) mass is 666 g/mol. The van der Waals surface area contributed by atoms with Gasteiger partial charge in [0.1, 0.15) is 5.76 Å². The van der Waals surface area contributed by atoms with Crippen LogP contribution < -0.4 is 4.74 Å². The second-order valence-electron chi connectivity index (χ2n) is 10.5. The third kappa shape index (κ3) is 7.43. The topological polar surface area (TPSA) is 278 Å². The number of phosphoric acid groups is 1. The Morgan fingerprint density at radius 2 is 1.54 bits per heavy atom. The Bertz CT molecular complexity index is 1670. The first-order valence-electron chi connectivity index (χ1n) is 13.9. The smallest absolute Gasteiger partial charge is 0.469 e. The van der Waals surface area contributed by atoms with E-state index in [0.29, 0.717) is 25.7 Å². The molecule has 0 fully saturated rings. The van der Waals surface area contributed by atoms with Gasteiger partial charge in [-0.15, -0.1) is 0 Å². The summed E-state index contributed by atoms with van der Waals surface area (Å²) in [4.78, 5) is 54.2. The minimum Gasteiger partial charge on any atom is -0.504 e. The summed E-state index contributed by atoms with van der Waals surface area (Å²) in [5.74, 6) is -9.60. The van der Waals surface area contributed by atoms with Gasteiger partial charge in [-0.05, 0) is 61.1 Å². The second kappa shape index (κ2) is 13.8. The molecule has 248 valence electrons. The normalized spacial score (nSPS) is 17.5. The number of rotatable bonds is 13. The van der Waals surface area contributed by atoms with E-state index in [0.717, 1.165) is 18.2 Å². The highest BCUT2D eigenvalue weighted by molar-refractivity contribution is 7.46. The Morgan fingerprint density at radius 1 is 0.891 bits per heavy atom. The number of hydrogen-bond acceptors (Lipinski definition) is 13. The highest BCUT2D eigenvalue weighted by atomic mass is 31.2. The maximum atomic E-state index is 12.4. The summed E-state index contributed by atoms with van der Waals surface area (Å²) in [5.41, 5.74) is -0.872. The third-order valence-corrected chi connectivity index (χ3v) is 7.86. The van der Waals surface area contributed by atoms with Crippen molar-refractivity contribution in [2.24, 2.45) is 0 Å². The number of phenolic OH excluding ortho intramolecular Hbond substituents is 4. The molecule has 4 rings (SSSR count). The molecule has 17 heteroatoms. The Labute approximate surface area is 260 Å². The molecule has 0 aromatic heterocycles. The van der Waals surface area contributed by atoms with Crippen LogP contribution >= 0.6 is 7.82 Å². The van der Waals surface area contributed by atoms with Crippen LogP contribution in [-0.4, -0.2) is 82.6 Å². The van der Waals surface area contributed by atoms with Crippen LogP contribution in [0.1, 0.15) is 65.1 Å². The molecule has 1 aliphatic carbocycles. The molecular formula is C29H31O16P. The van der Waals surface area contributed by atoms with Crippen molar-refractivity contribution in [3.63, 3.8) is 0 Å². The van der Waals surface area contributed by atoms with Gasteiger partial charge in [-0.25, -0.2) is 9.36 Å². The van der Waals surface area contributed by atoms with Crippen molar-refractivity contribution in [1.82, 2.24) is 0 Å². The number of carboxylic acids is 1. The summed E-state index contributed by atoms with van der Waals surface area (Å²) in [7, 11) is -4.52. The first-order chi connectivity index (χ1) is 21.6. The lowest BCUT2D eigenvalue weighted by Gasteiger charge is -2.34. The van der Waals surface area contributed by atoms with E-state index in [1.165, 1.54) is 6.07 Å². The van der Waals surface area contributed by atoms with E-state index in [-0.39, 0.29) is 48.3 Å². The van der Waals surface area contributed by atoms with Crippen molar-refractivity contribution >= 4 is 25.5 Å². The molecule has 2 unspecified atom stereocenters. The number of aliphatic hydroxyl groups excluding tert-OH is 2. The number of hydrogen-bond donors (Lipinski definition) is 9. The van der Waals surface area contributed by atoms with E-state index < -0.39 is 83.4 Å². The number of carbonyl (C=O) groups excluding carboxylic acids is 2. The molecule has 0 saturated carbocycles. The van der Waals surface area contributed by atoms with E-state index in [2.05, 4.69) is 4.52 Å². The summed E-state index contributed by atoms with van der Waals surface area (Å²) >= 11 is 0. The quantitative estimate of drug-likeness (QED) is 0.0642. The molecule has 46 heavy (non-hydrogen) atoms. The van der Waals surface area contributed by atoms with Crippen LogP contribution in [-0.2, 0) is 29.8 Å². The van der Waals surface area contributed by atoms with E-state index in [1.807, 2.05) is 0 Å². The summed E-state index contributed by atoms with van der Waals surface area (Å²) in [6.45, 7) is -0.0704. The number of unbranched alkanes of at least 4 members (excludes halogenated alkanes) is 3. The maximum Gasteiger partial charge on any atom is 0.469 e. The molecule has 1 heterocycles. The lowest BCUT2D eigenvalue weighted by Crippen LogP contribution is -2.35. The Hall–Kier alpha value is -4.60. The van der Waals surface area contributed by atoms with Gasteiger partial charge in [-0.3, -0.25) is 14.1 Å². The molecule has 0 amide bonds. The van der Waals surface area contributed by atoms with E-state index >= 15 is 0 Å². The van der Waals surface area contributed by atoms with Gasteiger partial charge in [0.15, 0.2) is 34.9 Å². The van der Waals surface area contributed by atoms with Gasteiger partial charge in [-0.1, -0.05) is 6.42 Å². The zero-order chi connectivity index (χ0) is 33.9. The number of Topliss-reactive ketones (excluding diaryl/α,β-unsaturated/α-hetero) is 1. The number of esters is 1. The van der Waals surface area contributed by atoms with Crippen molar-refractivity contribution in [3.05, 3.63) is 63.6 Å². The highest BCUT2D eigenvalue weighted by Gasteiger charge is 2.43. The molecule has 2 aliphatic rings. The van der Waals surface area contributed by atoms with Crippen LogP contribution in [0.5, 0.6) is 28.7 Å². The van der Waals surface area contributed by atoms with Crippen LogP contribution in [0.4, 0.5) is 0 Å². The van der Waals surface area contributed by atoms with Crippen molar-refractivity contribution in [2.75, 3.05) is 13.2 Å². The third-order valence-electron chi connectivity index (χ3n) is 7.34. The van der Waals surface area contributed by atoms with Crippen molar-refractivity contribution in [1.29, 1.82) is 0 Å². The van der Waals surface area contributed by atoms with Crippen molar-refractivity contribution < 1.29 is 78.5 Å². The van der Waals surface area contributed by atoms with Crippen LogP contribution in [0.3, 0.4) is 0 Å². The number of phenols is 4. The number of ketones is 1. The number of aromatic carboxylic acids is 1. The molecule has 2 atom stereocenters. The molecule has 2 aromatic carbocycles. The number of benzene rings is 2. The molecule has 16 nitrogen and oxygen atoms in total. The van der Waals surface area contributed by atoms with E-state index in [9.17, 15) is 54.7 Å². The molecule has 0 saturated heterocycles. The Balaban J connectivity index is 1.58. The SMILES string of the molecule is O=C(CCc1cc2c(c(O)c1O)OC1=C(C=C(O)C(=O)C1O)C2c1cc(O)c(O)cc1C(=O)O)OCCCCCCOP(=O)(O)O. The largest absolute Gasteiger partial charge is 0.504 e. The first kappa shape index (κ1) is 34.3. The minimum absolute atomic E-state index is 0.00332. The average molecular weight is 667 g/mol. The van der Waals surface area contributed by atoms with Gasteiger partial charge in [0.05, 0.1) is 18.8 Å². The molecule has 0 spiro atoms. The van der Waals surface area contributed by atoms with Gasteiger partial charge in [0, 0.05) is 23.5 Å². The fraction of sp³-hybridized carbons (Fsp3) is 0.345. The molecule has 9 N–H and O–H groups in total. The van der Waals surface area contributed by atoms with Crippen LogP contribution in [0.2, 0.25) is 0 Å². The Morgan fingerprint density at radius 3 is 2.20 bits per heavy atom. The zero-order valence-electron chi connectivity index (χ0n) is 24.0. The van der Waals surface area contributed by atoms with E-state index in [4.69, 9.17) is 19.3 Å². The predicted molar refractivity (Wildman–Crippen MR) is 153 cm³/mol. The van der Waals surface area contributed by atoms with E-state index in [1.54, 1.807) is 0 Å². The van der Waals surface area contributed by atoms with Crippen molar-refractivity contribution in [3.8, 4) is 28.7 Å². The fourth-order valence-corrected chi connectivity index (χ4v) is 5.51. The number of aromatic hydroxyl groups is 4. The number of fused-ring (bicyclic) bond motifs is 1. The maximum absolute atomic E-state index is 12.4. The van der Waals surface area contributed by atoms with Gasteiger partial charge in [0.25, 0.3) is 0 Å². The average Bonchev–Trinajstić information content (AvgIpc) is 2.98. The standard InChI is InChI=1S/C29H31O16P/c30-18-10-14(15(29(38)39)11-19(18)31)22-16-9-13(5-6-21(33)43-7-3-1-2-4-8-44-46(40,41)42)23(34)25(36)27(16)45-28-17(22)12-20(32)24(35)26(28)37/h9-12,22,26,30-32,34,36-37H,1-8H2,(H,38,39)(H2,40,41,42). The number of phosphoric ester groups is 1. The molecular weight excluding hydrogens is 635 g/mol. The molecule has 2 aromatic rings. The van der Waals surface area contributed by atoms with Crippen LogP contribution in [0.15, 0.2) is 41.4 Å². The molecule has 0 radical (unpaired) electrons. The Kier molecular flexibility index (Phi) is 10.3. The number of carbonyl (C=O) groups is 3. The van der Waals surface area contributed by atoms with Gasteiger partial charge >= 0.3 is 19.8 Å². The van der Waals surface area contributed by atoms with Gasteiger partial charge in [-0.2, -0.15) is 0 Å². The number of ether oxygens (including phenoxy) is 2. The molecule has 0 bridgehead atoms. The van der Waals surface area contributed by atoms with Crippen molar-refractivity contribution in [2.45, 2.75) is 50.5 Å². The summed E-state index contributed by atoms with van der Waals surface area (Å²) in [5, 5.41) is 72.6. The van der Waals surface area contributed by atoms with Crippen LogP contribution in [0, 0.1) is 0 Å².